The number of carbonyl (C=O) groups is 1. The van der Waals surface area contributed by atoms with Crippen molar-refractivity contribution in [3.63, 3.8) is 0 Å². The van der Waals surface area contributed by atoms with Crippen LogP contribution in [0.4, 0.5) is 5.69 Å². The van der Waals surface area contributed by atoms with Crippen molar-refractivity contribution >= 4 is 34.1 Å². The summed E-state index contributed by atoms with van der Waals surface area (Å²) in [5.74, 6) is -0.00836. The largest absolute Gasteiger partial charge is 0.322 e. The third-order valence-electron chi connectivity index (χ3n) is 4.28. The molecule has 0 spiro atoms. The second-order valence-electron chi connectivity index (χ2n) is 5.68. The van der Waals surface area contributed by atoms with Crippen molar-refractivity contribution in [2.45, 2.75) is 6.42 Å². The molecule has 2 heterocycles. The number of amides is 1. The third kappa shape index (κ3) is 2.14. The fourth-order valence-electron chi connectivity index (χ4n) is 3.18. The maximum absolute atomic E-state index is 12.6. The molecule has 1 aromatic heterocycles. The first-order valence-electron chi connectivity index (χ1n) is 7.26. The molecule has 4 nitrogen and oxygen atoms in total. The maximum Gasteiger partial charge on any atom is 0.248 e. The van der Waals surface area contributed by atoms with E-state index in [2.05, 4.69) is 4.98 Å². The average molecular weight is 325 g/mol. The predicted molar refractivity (Wildman–Crippen MR) is 92.1 cm³/mol. The second kappa shape index (κ2) is 4.96. The Morgan fingerprint density at radius 2 is 1.83 bits per heavy atom. The molecular formula is C18H13ClN2O2. The lowest BCUT2D eigenvalue weighted by Crippen LogP contribution is -2.27. The minimum Gasteiger partial charge on any atom is -0.322 e. The fourth-order valence-corrected chi connectivity index (χ4v) is 3.37. The molecule has 1 aliphatic heterocycles. The van der Waals surface area contributed by atoms with Gasteiger partial charge in [-0.1, -0.05) is 23.7 Å². The van der Waals surface area contributed by atoms with Gasteiger partial charge in [0.25, 0.3) is 0 Å². The molecule has 1 amide bonds. The van der Waals surface area contributed by atoms with Crippen LogP contribution in [-0.2, 0) is 11.2 Å². The Labute approximate surface area is 137 Å². The van der Waals surface area contributed by atoms with Crippen LogP contribution in [0.5, 0.6) is 0 Å². The second-order valence-corrected chi connectivity index (χ2v) is 6.11. The van der Waals surface area contributed by atoms with E-state index in [9.17, 15) is 9.59 Å². The van der Waals surface area contributed by atoms with Crippen molar-refractivity contribution < 1.29 is 4.79 Å². The molecule has 2 aromatic carbocycles. The Kier molecular flexibility index (Phi) is 3.03. The van der Waals surface area contributed by atoms with Crippen molar-refractivity contribution in [3.05, 3.63) is 63.4 Å². The molecule has 23 heavy (non-hydrogen) atoms. The lowest BCUT2D eigenvalue weighted by atomic mass is 9.96. The van der Waals surface area contributed by atoms with Crippen LogP contribution in [0.15, 0.2) is 47.3 Å². The van der Waals surface area contributed by atoms with Crippen LogP contribution in [0.25, 0.3) is 22.0 Å². The minimum absolute atomic E-state index is 0.00836. The van der Waals surface area contributed by atoms with Crippen molar-refractivity contribution in [2.75, 3.05) is 11.9 Å². The molecule has 0 fully saturated rings. The van der Waals surface area contributed by atoms with E-state index in [1.807, 2.05) is 30.3 Å². The number of aromatic amines is 1. The Balaban J connectivity index is 2.13. The molecule has 3 aromatic rings. The minimum atomic E-state index is -0.160. The van der Waals surface area contributed by atoms with Gasteiger partial charge in [0.1, 0.15) is 0 Å². The third-order valence-corrected chi connectivity index (χ3v) is 4.52. The Morgan fingerprint density at radius 1 is 1.04 bits per heavy atom. The lowest BCUT2D eigenvalue weighted by Gasteiger charge is -2.20. The molecule has 0 radical (unpaired) electrons. The normalized spacial score (nSPS) is 13.7. The molecule has 4 rings (SSSR count). The lowest BCUT2D eigenvalue weighted by molar-refractivity contribution is -0.117. The molecule has 114 valence electrons. The molecular weight excluding hydrogens is 312 g/mol. The van der Waals surface area contributed by atoms with Crippen LogP contribution >= 0.6 is 11.6 Å². The molecule has 0 saturated heterocycles. The fraction of sp³-hybridized carbons (Fsp3) is 0.111. The van der Waals surface area contributed by atoms with Crippen LogP contribution < -0.4 is 10.5 Å². The smallest absolute Gasteiger partial charge is 0.248 e. The molecule has 0 aliphatic carbocycles. The zero-order valence-electron chi connectivity index (χ0n) is 12.4. The number of fused-ring (bicyclic) bond motifs is 5. The number of H-pyrrole nitrogens is 1. The highest BCUT2D eigenvalue weighted by atomic mass is 35.5. The van der Waals surface area contributed by atoms with Gasteiger partial charge in [-0.25, -0.2) is 0 Å². The summed E-state index contributed by atoms with van der Waals surface area (Å²) < 4.78 is 0. The molecule has 5 heteroatoms. The monoisotopic (exact) mass is 324 g/mol. The number of pyridine rings is 1. The SMILES string of the molecule is CN1C(=O)Cc2cc(Cl)ccc2-c2ccc3[nH]c(=O)ccc3c21. The number of halogens is 1. The molecule has 0 saturated carbocycles. The standard InChI is InChI=1S/C18H13ClN2O2/c1-21-17(23)9-10-8-11(19)2-3-12(10)13-4-6-15-14(18(13)21)5-7-16(22)20-15/h2-8H,9H2,1H3,(H,20,22). The number of carbonyl (C=O) groups excluding carboxylic acids is 1. The van der Waals surface area contributed by atoms with Crippen LogP contribution in [0.1, 0.15) is 5.56 Å². The average Bonchev–Trinajstić information content (AvgIpc) is 2.62. The molecule has 0 unspecified atom stereocenters. The number of nitrogens with one attached hydrogen (secondary N) is 1. The van der Waals surface area contributed by atoms with Crippen LogP contribution in [0, 0.1) is 0 Å². The van der Waals surface area contributed by atoms with E-state index in [0.29, 0.717) is 17.0 Å². The highest BCUT2D eigenvalue weighted by Crippen LogP contribution is 2.40. The van der Waals surface area contributed by atoms with Crippen molar-refractivity contribution in [1.29, 1.82) is 0 Å². The predicted octanol–water partition coefficient (Wildman–Crippen LogP) is 3.37. The quantitative estimate of drug-likeness (QED) is 0.689. The van der Waals surface area contributed by atoms with E-state index in [-0.39, 0.29) is 11.5 Å². The number of hydrogen-bond donors (Lipinski definition) is 1. The van der Waals surface area contributed by atoms with Gasteiger partial charge in [-0.15, -0.1) is 0 Å². The molecule has 1 N–H and O–H groups in total. The summed E-state index contributed by atoms with van der Waals surface area (Å²) in [5.41, 5.74) is 4.24. The summed E-state index contributed by atoms with van der Waals surface area (Å²) in [6.45, 7) is 0. The van der Waals surface area contributed by atoms with Gasteiger partial charge in [0.05, 0.1) is 17.6 Å². The molecule has 0 bridgehead atoms. The Bertz CT molecular complexity index is 1020. The first-order chi connectivity index (χ1) is 11.0. The van der Waals surface area contributed by atoms with Gasteiger partial charge in [-0.2, -0.15) is 0 Å². The summed E-state index contributed by atoms with van der Waals surface area (Å²) in [5, 5.41) is 1.47. The van der Waals surface area contributed by atoms with Crippen molar-refractivity contribution in [1.82, 2.24) is 4.98 Å². The molecule has 0 atom stereocenters. The summed E-state index contributed by atoms with van der Waals surface area (Å²) in [4.78, 5) is 28.6. The van der Waals surface area contributed by atoms with Gasteiger partial charge in [-0.3, -0.25) is 9.59 Å². The van der Waals surface area contributed by atoms with Crippen molar-refractivity contribution in [2.24, 2.45) is 0 Å². The van der Waals surface area contributed by atoms with Gasteiger partial charge in [0, 0.05) is 29.1 Å². The van der Waals surface area contributed by atoms with Gasteiger partial charge in [0.2, 0.25) is 11.5 Å². The zero-order valence-corrected chi connectivity index (χ0v) is 13.1. The van der Waals surface area contributed by atoms with E-state index in [0.717, 1.165) is 27.8 Å². The zero-order chi connectivity index (χ0) is 16.1. The number of benzene rings is 2. The van der Waals surface area contributed by atoms with Crippen LogP contribution in [-0.4, -0.2) is 17.9 Å². The van der Waals surface area contributed by atoms with E-state index in [1.54, 1.807) is 18.0 Å². The number of aromatic nitrogens is 1. The number of nitrogens with zero attached hydrogens (tertiary/aromatic N) is 1. The number of anilines is 1. The van der Waals surface area contributed by atoms with Gasteiger partial charge in [0.15, 0.2) is 0 Å². The van der Waals surface area contributed by atoms with E-state index < -0.39 is 0 Å². The Hall–Kier alpha value is -2.59. The van der Waals surface area contributed by atoms with Gasteiger partial charge < -0.3 is 9.88 Å². The van der Waals surface area contributed by atoms with Crippen LogP contribution in [0.3, 0.4) is 0 Å². The molecule has 1 aliphatic rings. The van der Waals surface area contributed by atoms with Gasteiger partial charge in [-0.05, 0) is 35.4 Å². The first-order valence-corrected chi connectivity index (χ1v) is 7.64. The Morgan fingerprint density at radius 3 is 2.65 bits per heavy atom. The van der Waals surface area contributed by atoms with E-state index in [4.69, 9.17) is 11.6 Å². The highest BCUT2D eigenvalue weighted by Gasteiger charge is 2.25. The van der Waals surface area contributed by atoms with Crippen molar-refractivity contribution in [3.8, 4) is 11.1 Å². The topological polar surface area (TPSA) is 53.2 Å². The number of likely N-dealkylation sites (N-methyl/N-ethyl adjacent to an activating group) is 1. The summed E-state index contributed by atoms with van der Waals surface area (Å²) >= 11 is 6.09. The highest BCUT2D eigenvalue weighted by molar-refractivity contribution is 6.30. The van der Waals surface area contributed by atoms with Crippen LogP contribution in [0.2, 0.25) is 5.02 Å². The van der Waals surface area contributed by atoms with E-state index >= 15 is 0 Å². The van der Waals surface area contributed by atoms with E-state index in [1.165, 1.54) is 6.07 Å². The summed E-state index contributed by atoms with van der Waals surface area (Å²) in [7, 11) is 1.76. The first kappa shape index (κ1) is 14.0. The number of rotatable bonds is 0. The number of hydrogen-bond acceptors (Lipinski definition) is 2. The van der Waals surface area contributed by atoms with Gasteiger partial charge >= 0.3 is 0 Å². The summed E-state index contributed by atoms with van der Waals surface area (Å²) in [6.07, 6.45) is 0.298. The summed E-state index contributed by atoms with van der Waals surface area (Å²) in [6, 6.07) is 12.7. The maximum atomic E-state index is 12.6.